The minimum absolute atomic E-state index is 0.0988. The van der Waals surface area contributed by atoms with Crippen molar-refractivity contribution in [1.29, 1.82) is 0 Å². The molecule has 1 unspecified atom stereocenters. The number of nitrogens with one attached hydrogen (secondary N) is 1. The maximum Gasteiger partial charge on any atom is 0.257 e. The molecule has 0 saturated heterocycles. The molecule has 1 aliphatic carbocycles. The lowest BCUT2D eigenvalue weighted by Crippen LogP contribution is -2.28. The Labute approximate surface area is 193 Å². The molecule has 10 heteroatoms. The van der Waals surface area contributed by atoms with Crippen LogP contribution in [0.15, 0.2) is 59.8 Å². The largest absolute Gasteiger partial charge is 0.593 e. The second kappa shape index (κ2) is 9.33. The van der Waals surface area contributed by atoms with E-state index in [0.717, 1.165) is 12.8 Å². The summed E-state index contributed by atoms with van der Waals surface area (Å²) in [5, 5.41) is 13.2. The molecule has 1 saturated carbocycles. The van der Waals surface area contributed by atoms with Crippen molar-refractivity contribution in [2.24, 2.45) is 5.14 Å². The number of nitrogens with two attached hydrogens (primary N) is 1. The molecule has 0 radical (unpaired) electrons. The fourth-order valence-corrected chi connectivity index (χ4v) is 4.17. The van der Waals surface area contributed by atoms with Gasteiger partial charge in [-0.1, -0.05) is 29.8 Å². The highest BCUT2D eigenvalue weighted by Crippen LogP contribution is 2.27. The summed E-state index contributed by atoms with van der Waals surface area (Å²) in [6, 6.07) is 12.2. The zero-order chi connectivity index (χ0) is 22.8. The molecular formula is C22H22ClN5O3S. The molecule has 2 amide bonds. The van der Waals surface area contributed by atoms with Crippen LogP contribution in [0.4, 0.5) is 5.69 Å². The minimum atomic E-state index is -1.84. The lowest BCUT2D eigenvalue weighted by Gasteiger charge is -2.14. The molecule has 1 fully saturated rings. The normalized spacial score (nSPS) is 14.1. The zero-order valence-corrected chi connectivity index (χ0v) is 18.9. The lowest BCUT2D eigenvalue weighted by molar-refractivity contribution is -0.115. The fourth-order valence-electron chi connectivity index (χ4n) is 3.36. The first-order valence-electron chi connectivity index (χ1n) is 9.99. The molecule has 0 bridgehead atoms. The number of carbonyl (C=O) groups is 2. The SMILES string of the molecule is CN(C(=O)c1cnn(-c2ccc(NC(=O)Cc3ccccc3Cl)cc2[S+](N)[O-])c1)C1CC1. The third-order valence-corrected chi connectivity index (χ3v) is 6.39. The fraction of sp³-hybridized carbons (Fsp3) is 0.227. The molecule has 166 valence electrons. The van der Waals surface area contributed by atoms with Gasteiger partial charge in [0.2, 0.25) is 10.8 Å². The number of rotatable bonds is 7. The Hall–Kier alpha value is -2.85. The van der Waals surface area contributed by atoms with E-state index in [4.69, 9.17) is 16.7 Å². The maximum absolute atomic E-state index is 12.6. The van der Waals surface area contributed by atoms with Crippen LogP contribution in [0.1, 0.15) is 28.8 Å². The van der Waals surface area contributed by atoms with Gasteiger partial charge in [0.15, 0.2) is 0 Å². The van der Waals surface area contributed by atoms with Crippen molar-refractivity contribution in [2.75, 3.05) is 12.4 Å². The first-order chi connectivity index (χ1) is 15.3. The van der Waals surface area contributed by atoms with Gasteiger partial charge in [0.05, 0.1) is 29.5 Å². The molecule has 32 heavy (non-hydrogen) atoms. The highest BCUT2D eigenvalue weighted by atomic mass is 35.5. The van der Waals surface area contributed by atoms with Crippen LogP contribution in [0.25, 0.3) is 5.69 Å². The van der Waals surface area contributed by atoms with Gasteiger partial charge in [0.1, 0.15) is 5.69 Å². The maximum atomic E-state index is 12.6. The summed E-state index contributed by atoms with van der Waals surface area (Å²) in [7, 11) is 1.78. The molecule has 1 aromatic heterocycles. The van der Waals surface area contributed by atoms with Crippen LogP contribution >= 0.6 is 11.6 Å². The first kappa shape index (κ1) is 22.3. The van der Waals surface area contributed by atoms with Gasteiger partial charge in [-0.25, -0.2) is 4.68 Å². The molecule has 1 atom stereocenters. The summed E-state index contributed by atoms with van der Waals surface area (Å²) in [5.74, 6) is -0.382. The summed E-state index contributed by atoms with van der Waals surface area (Å²) < 4.78 is 13.7. The Bertz CT molecular complexity index is 1160. The molecule has 3 N–H and O–H groups in total. The monoisotopic (exact) mass is 471 g/mol. The van der Waals surface area contributed by atoms with Crippen LogP contribution in [-0.4, -0.2) is 44.1 Å². The van der Waals surface area contributed by atoms with E-state index < -0.39 is 11.4 Å². The highest BCUT2D eigenvalue weighted by Gasteiger charge is 2.30. The van der Waals surface area contributed by atoms with Crippen molar-refractivity contribution < 1.29 is 14.1 Å². The Morgan fingerprint density at radius 1 is 1.31 bits per heavy atom. The highest BCUT2D eigenvalue weighted by molar-refractivity contribution is 7.89. The number of carbonyl (C=O) groups excluding carboxylic acids is 2. The lowest BCUT2D eigenvalue weighted by atomic mass is 10.1. The van der Waals surface area contributed by atoms with Gasteiger partial charge in [-0.2, -0.15) is 5.10 Å². The standard InChI is InChI=1S/C22H22ClN5O3S/c1-27(17-7-8-17)22(30)15-12-25-28(13-15)19-9-6-16(11-20(19)32(24)31)26-21(29)10-14-4-2-3-5-18(14)23/h2-6,9,11-13,17H,7-8,10,24H2,1H3,(H,26,29). The average Bonchev–Trinajstić information content (AvgIpc) is 3.51. The summed E-state index contributed by atoms with van der Waals surface area (Å²) in [4.78, 5) is 27.0. The van der Waals surface area contributed by atoms with E-state index in [1.54, 1.807) is 48.5 Å². The number of benzene rings is 2. The minimum Gasteiger partial charge on any atom is -0.593 e. The zero-order valence-electron chi connectivity index (χ0n) is 17.3. The quantitative estimate of drug-likeness (QED) is 0.514. The van der Waals surface area contributed by atoms with Crippen molar-refractivity contribution in [1.82, 2.24) is 14.7 Å². The van der Waals surface area contributed by atoms with Crippen molar-refractivity contribution >= 4 is 40.5 Å². The third kappa shape index (κ3) is 4.97. The van der Waals surface area contributed by atoms with Crippen LogP contribution in [0.5, 0.6) is 0 Å². The topological polar surface area (TPSA) is 116 Å². The van der Waals surface area contributed by atoms with E-state index in [1.165, 1.54) is 16.9 Å². The Morgan fingerprint density at radius 3 is 2.75 bits per heavy atom. The Kier molecular flexibility index (Phi) is 6.52. The van der Waals surface area contributed by atoms with Gasteiger partial charge in [-0.15, -0.1) is 5.14 Å². The predicted molar refractivity (Wildman–Crippen MR) is 123 cm³/mol. The number of halogens is 1. The number of hydrogen-bond acceptors (Lipinski definition) is 5. The number of hydrogen-bond donors (Lipinski definition) is 2. The molecular weight excluding hydrogens is 450 g/mol. The van der Waals surface area contributed by atoms with Gasteiger partial charge in [-0.3, -0.25) is 9.59 Å². The van der Waals surface area contributed by atoms with E-state index in [9.17, 15) is 14.1 Å². The average molecular weight is 472 g/mol. The van der Waals surface area contributed by atoms with Gasteiger partial charge in [-0.05, 0) is 36.6 Å². The Morgan fingerprint density at radius 2 is 2.06 bits per heavy atom. The van der Waals surface area contributed by atoms with Gasteiger partial charge < -0.3 is 14.8 Å². The van der Waals surface area contributed by atoms with E-state index in [0.29, 0.717) is 27.5 Å². The smallest absolute Gasteiger partial charge is 0.257 e. The number of anilines is 1. The Balaban J connectivity index is 1.53. The number of amides is 2. The molecule has 4 rings (SSSR count). The van der Waals surface area contributed by atoms with Crippen molar-refractivity contribution in [2.45, 2.75) is 30.2 Å². The van der Waals surface area contributed by atoms with Crippen LogP contribution in [-0.2, 0) is 22.6 Å². The van der Waals surface area contributed by atoms with Crippen molar-refractivity contribution in [3.63, 3.8) is 0 Å². The van der Waals surface area contributed by atoms with E-state index in [1.807, 2.05) is 6.07 Å². The molecule has 2 aromatic carbocycles. The van der Waals surface area contributed by atoms with Crippen molar-refractivity contribution in [3.8, 4) is 5.69 Å². The summed E-state index contributed by atoms with van der Waals surface area (Å²) in [6.45, 7) is 0. The molecule has 8 nitrogen and oxygen atoms in total. The molecule has 1 heterocycles. The van der Waals surface area contributed by atoms with Crippen LogP contribution in [0, 0.1) is 0 Å². The van der Waals surface area contributed by atoms with Gasteiger partial charge >= 0.3 is 0 Å². The molecule has 1 aliphatic rings. The first-order valence-corrected chi connectivity index (χ1v) is 11.6. The number of aromatic nitrogens is 2. The van der Waals surface area contributed by atoms with E-state index >= 15 is 0 Å². The van der Waals surface area contributed by atoms with Gasteiger partial charge in [0, 0.05) is 36.1 Å². The van der Waals surface area contributed by atoms with Crippen molar-refractivity contribution in [3.05, 3.63) is 71.0 Å². The van der Waals surface area contributed by atoms with Crippen LogP contribution < -0.4 is 10.5 Å². The molecule has 0 spiro atoms. The third-order valence-electron chi connectivity index (χ3n) is 5.26. The van der Waals surface area contributed by atoms with E-state index in [2.05, 4.69) is 10.4 Å². The second-order valence-electron chi connectivity index (χ2n) is 7.62. The van der Waals surface area contributed by atoms with E-state index in [-0.39, 0.29) is 29.2 Å². The summed E-state index contributed by atoms with van der Waals surface area (Å²) in [5.41, 5.74) is 2.04. The molecule has 0 aliphatic heterocycles. The summed E-state index contributed by atoms with van der Waals surface area (Å²) >= 11 is 4.27. The second-order valence-corrected chi connectivity index (χ2v) is 9.06. The van der Waals surface area contributed by atoms with Crippen LogP contribution in [0.3, 0.4) is 0 Å². The van der Waals surface area contributed by atoms with Crippen LogP contribution in [0.2, 0.25) is 5.02 Å². The van der Waals surface area contributed by atoms with Gasteiger partial charge in [0.25, 0.3) is 5.91 Å². The molecule has 3 aromatic rings. The predicted octanol–water partition coefficient (Wildman–Crippen LogP) is 2.92. The number of nitrogens with zero attached hydrogens (tertiary/aromatic N) is 3. The summed E-state index contributed by atoms with van der Waals surface area (Å²) in [6.07, 6.45) is 5.18.